The summed E-state index contributed by atoms with van der Waals surface area (Å²) in [7, 11) is 1.39. The van der Waals surface area contributed by atoms with Gasteiger partial charge in [0, 0.05) is 19.4 Å². The van der Waals surface area contributed by atoms with E-state index in [0.29, 0.717) is 0 Å². The van der Waals surface area contributed by atoms with E-state index in [9.17, 15) is 19.2 Å². The molecule has 1 fully saturated rings. The van der Waals surface area contributed by atoms with Crippen molar-refractivity contribution in [3.63, 3.8) is 0 Å². The minimum Gasteiger partial charge on any atom is -0.387 e. The van der Waals surface area contributed by atoms with Gasteiger partial charge in [-0.15, -0.1) is 0 Å². The van der Waals surface area contributed by atoms with Crippen LogP contribution in [0.4, 0.5) is 4.53 Å². The van der Waals surface area contributed by atoms with Crippen molar-refractivity contribution in [2.24, 2.45) is 0 Å². The smallest absolute Gasteiger partial charge is 0.330 e. The fourth-order valence-electron chi connectivity index (χ4n) is 1.97. The fraction of sp³-hybridized carbons (Fsp3) is 0.600. The van der Waals surface area contributed by atoms with E-state index in [1.54, 1.807) is 0 Å². The molecule has 1 saturated heterocycles. The molecule has 9 heteroatoms. The lowest BCUT2D eigenvalue weighted by molar-refractivity contribution is -0.221. The first-order chi connectivity index (χ1) is 9.08. The van der Waals surface area contributed by atoms with Crippen LogP contribution in [0, 0.1) is 0 Å². The number of nitrogens with zero attached hydrogens (tertiary/aromatic N) is 1. The quantitative estimate of drug-likeness (QED) is 0.709. The molecule has 0 radical (unpaired) electrons. The van der Waals surface area contributed by atoms with Gasteiger partial charge in [0.2, 0.25) is 0 Å². The fourth-order valence-corrected chi connectivity index (χ4v) is 1.97. The zero-order chi connectivity index (χ0) is 14.0. The zero-order valence-electron chi connectivity index (χ0n) is 9.98. The van der Waals surface area contributed by atoms with Crippen molar-refractivity contribution in [2.75, 3.05) is 13.7 Å². The van der Waals surface area contributed by atoms with Gasteiger partial charge in [0.05, 0.1) is 6.61 Å². The Labute approximate surface area is 106 Å². The van der Waals surface area contributed by atoms with E-state index in [0.717, 1.165) is 16.8 Å². The number of halogens is 1. The molecular weight excluding hydrogens is 263 g/mol. The van der Waals surface area contributed by atoms with Crippen LogP contribution in [0.1, 0.15) is 6.23 Å². The standard InChI is InChI=1S/C10H13FN2O6/c1-17-4-5-7(15)8(19-11)9(18-5)13-3-2-6(14)12-10(13)16/h2-3,5,7-9,15H,4H2,1H3,(H,12,14,16)/t5-,7-,8+,9-/m0/s1. The van der Waals surface area contributed by atoms with Gasteiger partial charge in [-0.05, 0) is 4.53 Å². The molecule has 1 aromatic rings. The molecular formula is C10H13FN2O6. The first kappa shape index (κ1) is 13.9. The Kier molecular flexibility index (Phi) is 4.10. The Hall–Kier alpha value is -1.55. The largest absolute Gasteiger partial charge is 0.387 e. The Balaban J connectivity index is 2.32. The van der Waals surface area contributed by atoms with Gasteiger partial charge in [0.15, 0.2) is 12.3 Å². The highest BCUT2D eigenvalue weighted by Gasteiger charge is 2.46. The van der Waals surface area contributed by atoms with Crippen molar-refractivity contribution in [2.45, 2.75) is 24.5 Å². The maximum Gasteiger partial charge on any atom is 0.330 e. The van der Waals surface area contributed by atoms with Gasteiger partial charge >= 0.3 is 5.69 Å². The third-order valence-electron chi connectivity index (χ3n) is 2.87. The number of ether oxygens (including phenoxy) is 2. The minimum absolute atomic E-state index is 0.00955. The number of aliphatic hydroxyl groups excluding tert-OH is 1. The predicted octanol–water partition coefficient (Wildman–Crippen LogP) is -1.29. The molecule has 2 heterocycles. The molecule has 0 unspecified atom stereocenters. The van der Waals surface area contributed by atoms with Crippen LogP contribution in [0.25, 0.3) is 0 Å². The van der Waals surface area contributed by atoms with Crippen molar-refractivity contribution in [3.05, 3.63) is 33.1 Å². The summed E-state index contributed by atoms with van der Waals surface area (Å²) in [5.41, 5.74) is -1.38. The Morgan fingerprint density at radius 2 is 2.32 bits per heavy atom. The van der Waals surface area contributed by atoms with Gasteiger partial charge in [-0.25, -0.2) is 4.79 Å². The van der Waals surface area contributed by atoms with Crippen LogP contribution in [0.2, 0.25) is 0 Å². The van der Waals surface area contributed by atoms with Gasteiger partial charge in [0.1, 0.15) is 12.2 Å². The molecule has 106 valence electrons. The summed E-state index contributed by atoms with van der Waals surface area (Å²) in [6.45, 7) is 0.00955. The number of aromatic amines is 1. The van der Waals surface area contributed by atoms with Gasteiger partial charge in [-0.2, -0.15) is 4.94 Å². The molecule has 2 N–H and O–H groups in total. The molecule has 8 nitrogen and oxygen atoms in total. The number of H-pyrrole nitrogens is 1. The average Bonchev–Trinajstić information content (AvgIpc) is 2.67. The summed E-state index contributed by atoms with van der Waals surface area (Å²) >= 11 is 0. The molecule has 1 aliphatic heterocycles. The molecule has 0 saturated carbocycles. The lowest BCUT2D eigenvalue weighted by Crippen LogP contribution is -2.38. The summed E-state index contributed by atoms with van der Waals surface area (Å²) < 4.78 is 23.6. The molecule has 0 aromatic carbocycles. The van der Waals surface area contributed by atoms with E-state index in [1.165, 1.54) is 7.11 Å². The number of methoxy groups -OCH3 is 1. The van der Waals surface area contributed by atoms with Crippen LogP contribution in [0.5, 0.6) is 0 Å². The second-order valence-electron chi connectivity index (χ2n) is 4.08. The van der Waals surface area contributed by atoms with E-state index in [-0.39, 0.29) is 6.61 Å². The molecule has 1 aliphatic rings. The second kappa shape index (κ2) is 5.61. The van der Waals surface area contributed by atoms with Crippen molar-refractivity contribution < 1.29 is 24.0 Å². The molecule has 0 spiro atoms. The summed E-state index contributed by atoms with van der Waals surface area (Å²) in [5, 5.41) is 9.80. The van der Waals surface area contributed by atoms with Crippen LogP contribution < -0.4 is 11.2 Å². The third kappa shape index (κ3) is 2.59. The number of nitrogens with one attached hydrogen (secondary N) is 1. The van der Waals surface area contributed by atoms with Crippen molar-refractivity contribution in [1.82, 2.24) is 9.55 Å². The van der Waals surface area contributed by atoms with E-state index in [4.69, 9.17) is 9.47 Å². The molecule has 0 bridgehead atoms. The zero-order valence-corrected chi connectivity index (χ0v) is 9.98. The van der Waals surface area contributed by atoms with E-state index in [1.807, 2.05) is 4.98 Å². The average molecular weight is 276 g/mol. The number of hydrogen-bond acceptors (Lipinski definition) is 6. The monoisotopic (exact) mass is 276 g/mol. The lowest BCUT2D eigenvalue weighted by atomic mass is 10.1. The molecule has 2 rings (SSSR count). The van der Waals surface area contributed by atoms with Crippen LogP contribution in [-0.4, -0.2) is 46.7 Å². The Morgan fingerprint density at radius 3 is 2.89 bits per heavy atom. The summed E-state index contributed by atoms with van der Waals surface area (Å²) in [6.07, 6.45) is -3.57. The Bertz CT molecular complexity index is 543. The normalized spacial score (nSPS) is 30.7. The second-order valence-corrected chi connectivity index (χ2v) is 4.08. The molecule has 19 heavy (non-hydrogen) atoms. The maximum atomic E-state index is 12.5. The van der Waals surface area contributed by atoms with Gasteiger partial charge in [-0.3, -0.25) is 14.3 Å². The van der Waals surface area contributed by atoms with E-state index in [2.05, 4.69) is 4.94 Å². The number of rotatable bonds is 4. The van der Waals surface area contributed by atoms with Gasteiger partial charge in [0.25, 0.3) is 5.56 Å². The summed E-state index contributed by atoms with van der Waals surface area (Å²) in [6, 6.07) is 1.08. The van der Waals surface area contributed by atoms with Crippen molar-refractivity contribution in [3.8, 4) is 0 Å². The minimum atomic E-state index is -1.39. The SMILES string of the molecule is COC[C@@H]1O[C@H](n2ccc(=O)[nH]c2=O)[C@H](OF)[C@H]1O. The van der Waals surface area contributed by atoms with Crippen molar-refractivity contribution >= 4 is 0 Å². The number of aromatic nitrogens is 2. The lowest BCUT2D eigenvalue weighted by Gasteiger charge is -2.17. The van der Waals surface area contributed by atoms with Gasteiger partial charge in [-0.1, -0.05) is 0 Å². The highest BCUT2D eigenvalue weighted by molar-refractivity contribution is 4.93. The van der Waals surface area contributed by atoms with Crippen LogP contribution in [0.3, 0.4) is 0 Å². The van der Waals surface area contributed by atoms with E-state index < -0.39 is 35.8 Å². The van der Waals surface area contributed by atoms with Crippen LogP contribution >= 0.6 is 0 Å². The highest BCUT2D eigenvalue weighted by Crippen LogP contribution is 2.30. The van der Waals surface area contributed by atoms with Crippen LogP contribution in [-0.2, 0) is 14.4 Å². The van der Waals surface area contributed by atoms with Crippen LogP contribution in [0.15, 0.2) is 21.9 Å². The number of aliphatic hydroxyl groups is 1. The third-order valence-corrected chi connectivity index (χ3v) is 2.87. The molecule has 0 aliphatic carbocycles. The maximum absolute atomic E-state index is 12.5. The summed E-state index contributed by atoms with van der Waals surface area (Å²) in [4.78, 5) is 28.2. The first-order valence-corrected chi connectivity index (χ1v) is 5.50. The summed E-state index contributed by atoms with van der Waals surface area (Å²) in [5.74, 6) is 0. The highest BCUT2D eigenvalue weighted by atomic mass is 19.3. The van der Waals surface area contributed by atoms with E-state index >= 15 is 0 Å². The number of hydrogen-bond donors (Lipinski definition) is 2. The van der Waals surface area contributed by atoms with Gasteiger partial charge < -0.3 is 14.6 Å². The predicted molar refractivity (Wildman–Crippen MR) is 59.1 cm³/mol. The van der Waals surface area contributed by atoms with Crippen molar-refractivity contribution in [1.29, 1.82) is 0 Å². The first-order valence-electron chi connectivity index (χ1n) is 5.50. The molecule has 1 aromatic heterocycles. The molecule has 0 amide bonds. The topological polar surface area (TPSA) is 103 Å². The molecule has 4 atom stereocenters. The Morgan fingerprint density at radius 1 is 1.58 bits per heavy atom.